The van der Waals surface area contributed by atoms with Gasteiger partial charge in [-0.1, -0.05) is 6.92 Å². The Morgan fingerprint density at radius 3 is 2.48 bits per heavy atom. The summed E-state index contributed by atoms with van der Waals surface area (Å²) in [5.41, 5.74) is 7.37. The van der Waals surface area contributed by atoms with Crippen molar-refractivity contribution in [2.45, 2.75) is 70.1 Å². The van der Waals surface area contributed by atoms with Crippen LogP contribution >= 0.6 is 0 Å². The topological polar surface area (TPSA) is 107 Å². The van der Waals surface area contributed by atoms with Gasteiger partial charge in [0.2, 0.25) is 0 Å². The minimum absolute atomic E-state index is 0.0509. The highest BCUT2D eigenvalue weighted by molar-refractivity contribution is 5.95. The van der Waals surface area contributed by atoms with Gasteiger partial charge >= 0.3 is 0 Å². The number of benzene rings is 1. The maximum atomic E-state index is 13.0. The third kappa shape index (κ3) is 5.31. The molecule has 2 fully saturated rings. The monoisotopic (exact) mass is 453 g/mol. The molecule has 2 saturated carbocycles. The van der Waals surface area contributed by atoms with Crippen molar-refractivity contribution in [1.29, 1.82) is 0 Å². The molecule has 1 aromatic carbocycles. The Hall–Kier alpha value is -2.64. The Labute approximate surface area is 195 Å². The zero-order chi connectivity index (χ0) is 23.8. The minimum Gasteiger partial charge on any atom is -0.493 e. The molecular formula is C26H35N3O4. The number of nitrogens with zero attached hydrogens (tertiary/aromatic N) is 1. The summed E-state index contributed by atoms with van der Waals surface area (Å²) in [4.78, 5) is 17.7. The van der Waals surface area contributed by atoms with Crippen LogP contribution in [-0.4, -0.2) is 35.8 Å². The number of hydrogen-bond acceptors (Lipinski definition) is 6. The van der Waals surface area contributed by atoms with Gasteiger partial charge in [-0.25, -0.2) is 0 Å². The summed E-state index contributed by atoms with van der Waals surface area (Å²) in [6, 6.07) is 9.04. The molecule has 0 radical (unpaired) electrons. The molecule has 2 aromatic rings. The summed E-state index contributed by atoms with van der Waals surface area (Å²) in [6.45, 7) is 5.98. The number of aliphatic hydroxyl groups is 1. The molecule has 2 aliphatic rings. The van der Waals surface area contributed by atoms with Crippen molar-refractivity contribution in [2.24, 2.45) is 11.7 Å². The lowest BCUT2D eigenvalue weighted by Crippen LogP contribution is -2.43. The molecule has 1 unspecified atom stereocenters. The summed E-state index contributed by atoms with van der Waals surface area (Å²) in [6.07, 6.45) is 4.85. The van der Waals surface area contributed by atoms with Gasteiger partial charge in [-0.2, -0.15) is 0 Å². The molecule has 1 heterocycles. The molecule has 2 aliphatic carbocycles. The Morgan fingerprint density at radius 1 is 1.18 bits per heavy atom. The number of carbonyl (C=O) groups is 1. The van der Waals surface area contributed by atoms with E-state index >= 15 is 0 Å². The molecule has 0 spiro atoms. The molecule has 1 amide bonds. The Kier molecular flexibility index (Phi) is 6.38. The number of aromatic nitrogens is 1. The SMILES string of the molecule is CCc1cc(C(C)(C)N)cc(C(O)(CNC(=O)c2ccc(OC3CC3)c(OC)c2)C2CC2)n1. The summed E-state index contributed by atoms with van der Waals surface area (Å²) >= 11 is 0. The second-order valence-corrected chi connectivity index (χ2v) is 9.87. The van der Waals surface area contributed by atoms with Crippen molar-refractivity contribution < 1.29 is 19.4 Å². The maximum absolute atomic E-state index is 13.0. The average Bonchev–Trinajstić information content (AvgIpc) is 3.70. The van der Waals surface area contributed by atoms with Gasteiger partial charge in [-0.15, -0.1) is 0 Å². The van der Waals surface area contributed by atoms with Crippen LogP contribution in [0.5, 0.6) is 11.5 Å². The minimum atomic E-state index is -1.25. The van der Waals surface area contributed by atoms with E-state index in [4.69, 9.17) is 20.2 Å². The molecular weight excluding hydrogens is 418 g/mol. The van der Waals surface area contributed by atoms with E-state index in [0.717, 1.165) is 43.4 Å². The van der Waals surface area contributed by atoms with Crippen LogP contribution in [0.15, 0.2) is 30.3 Å². The lowest BCUT2D eigenvalue weighted by Gasteiger charge is -2.30. The highest BCUT2D eigenvalue weighted by atomic mass is 16.5. The van der Waals surface area contributed by atoms with Gasteiger partial charge in [0.1, 0.15) is 5.60 Å². The van der Waals surface area contributed by atoms with Crippen molar-refractivity contribution in [2.75, 3.05) is 13.7 Å². The third-order valence-corrected chi connectivity index (χ3v) is 6.44. The van der Waals surface area contributed by atoms with Crippen LogP contribution in [0, 0.1) is 5.92 Å². The number of carbonyl (C=O) groups excluding carboxylic acids is 1. The summed E-state index contributed by atoms with van der Waals surface area (Å²) in [5.74, 6) is 0.939. The van der Waals surface area contributed by atoms with Crippen molar-refractivity contribution in [3.8, 4) is 11.5 Å². The number of rotatable bonds is 10. The molecule has 4 N–H and O–H groups in total. The van der Waals surface area contributed by atoms with E-state index < -0.39 is 11.1 Å². The number of pyridine rings is 1. The van der Waals surface area contributed by atoms with Crippen molar-refractivity contribution in [3.63, 3.8) is 0 Å². The Bertz CT molecular complexity index is 1020. The van der Waals surface area contributed by atoms with E-state index in [1.54, 1.807) is 25.3 Å². The number of aryl methyl sites for hydroxylation is 1. The van der Waals surface area contributed by atoms with E-state index in [9.17, 15) is 9.90 Å². The highest BCUT2D eigenvalue weighted by Crippen LogP contribution is 2.45. The molecule has 33 heavy (non-hydrogen) atoms. The highest BCUT2D eigenvalue weighted by Gasteiger charge is 2.47. The normalized spacial score (nSPS) is 17.9. The van der Waals surface area contributed by atoms with Crippen LogP contribution in [0.4, 0.5) is 0 Å². The molecule has 1 atom stereocenters. The number of amides is 1. The van der Waals surface area contributed by atoms with Gasteiger partial charge in [0.25, 0.3) is 5.91 Å². The third-order valence-electron chi connectivity index (χ3n) is 6.44. The van der Waals surface area contributed by atoms with Crippen LogP contribution in [-0.2, 0) is 17.6 Å². The standard InChI is InChI=1S/C26H35N3O4/c1-5-19-13-18(25(2,3)27)14-23(29-19)26(31,17-7-8-17)15-28-24(30)16-6-11-21(22(12-16)32-4)33-20-9-10-20/h6,11-14,17,20,31H,5,7-10,15,27H2,1-4H3,(H,28,30). The zero-order valence-corrected chi connectivity index (χ0v) is 20.0. The number of nitrogens with two attached hydrogens (primary N) is 1. The number of hydrogen-bond donors (Lipinski definition) is 3. The van der Waals surface area contributed by atoms with Crippen molar-refractivity contribution in [3.05, 3.63) is 52.8 Å². The summed E-state index contributed by atoms with van der Waals surface area (Å²) in [5, 5.41) is 14.6. The smallest absolute Gasteiger partial charge is 0.251 e. The van der Waals surface area contributed by atoms with Gasteiger partial charge < -0.3 is 25.6 Å². The Morgan fingerprint density at radius 2 is 1.91 bits per heavy atom. The van der Waals surface area contributed by atoms with Crippen molar-refractivity contribution >= 4 is 5.91 Å². The van der Waals surface area contributed by atoms with E-state index in [1.165, 1.54) is 0 Å². The first-order chi connectivity index (χ1) is 15.6. The second-order valence-electron chi connectivity index (χ2n) is 9.87. The molecule has 7 heteroatoms. The van der Waals surface area contributed by atoms with Gasteiger partial charge in [-0.05, 0) is 87.8 Å². The van der Waals surface area contributed by atoms with E-state index in [2.05, 4.69) is 5.32 Å². The summed E-state index contributed by atoms with van der Waals surface area (Å²) in [7, 11) is 1.56. The van der Waals surface area contributed by atoms with Gasteiger partial charge in [0.05, 0.1) is 25.5 Å². The Balaban J connectivity index is 1.55. The fraction of sp³-hybridized carbons (Fsp3) is 0.538. The first-order valence-electron chi connectivity index (χ1n) is 11.8. The average molecular weight is 454 g/mol. The van der Waals surface area contributed by atoms with E-state index in [0.29, 0.717) is 22.8 Å². The molecule has 178 valence electrons. The van der Waals surface area contributed by atoms with Crippen LogP contribution in [0.25, 0.3) is 0 Å². The molecule has 7 nitrogen and oxygen atoms in total. The number of methoxy groups -OCH3 is 1. The van der Waals surface area contributed by atoms with Gasteiger partial charge in [0, 0.05) is 16.8 Å². The van der Waals surface area contributed by atoms with Crippen LogP contribution in [0.2, 0.25) is 0 Å². The molecule has 0 saturated heterocycles. The number of nitrogens with one attached hydrogen (secondary N) is 1. The zero-order valence-electron chi connectivity index (χ0n) is 20.0. The predicted molar refractivity (Wildman–Crippen MR) is 126 cm³/mol. The first kappa shape index (κ1) is 23.5. The fourth-order valence-electron chi connectivity index (χ4n) is 3.96. The molecule has 4 rings (SSSR count). The fourth-order valence-corrected chi connectivity index (χ4v) is 3.96. The van der Waals surface area contributed by atoms with Crippen molar-refractivity contribution in [1.82, 2.24) is 10.3 Å². The van der Waals surface area contributed by atoms with Crippen LogP contribution in [0.1, 0.15) is 73.8 Å². The van der Waals surface area contributed by atoms with E-state index in [-0.39, 0.29) is 24.5 Å². The molecule has 1 aromatic heterocycles. The van der Waals surface area contributed by atoms with E-state index in [1.807, 2.05) is 32.9 Å². The largest absolute Gasteiger partial charge is 0.493 e. The van der Waals surface area contributed by atoms with Gasteiger partial charge in [-0.3, -0.25) is 9.78 Å². The lowest BCUT2D eigenvalue weighted by molar-refractivity contribution is 0.00918. The molecule has 0 aliphatic heterocycles. The summed E-state index contributed by atoms with van der Waals surface area (Å²) < 4.78 is 11.3. The van der Waals surface area contributed by atoms with Gasteiger partial charge in [0.15, 0.2) is 11.5 Å². The second kappa shape index (κ2) is 8.95. The van der Waals surface area contributed by atoms with Crippen LogP contribution in [0.3, 0.4) is 0 Å². The number of ether oxygens (including phenoxy) is 2. The maximum Gasteiger partial charge on any atom is 0.251 e. The van der Waals surface area contributed by atoms with Crippen LogP contribution < -0.4 is 20.5 Å². The lowest BCUT2D eigenvalue weighted by atomic mass is 9.87. The predicted octanol–water partition coefficient (Wildman–Crippen LogP) is 3.42. The molecule has 0 bridgehead atoms. The first-order valence-corrected chi connectivity index (χ1v) is 11.8. The quantitative estimate of drug-likeness (QED) is 0.509.